The first-order valence-corrected chi connectivity index (χ1v) is 18.7. The molecule has 0 aliphatic carbocycles. The first kappa shape index (κ1) is 27.5. The van der Waals surface area contributed by atoms with Crippen LogP contribution in [-0.4, -0.2) is 79.5 Å². The Bertz CT molecular complexity index is 1580. The molecule has 0 N–H and O–H groups in total. The zero-order chi connectivity index (χ0) is 27.8. The van der Waals surface area contributed by atoms with Crippen molar-refractivity contribution in [3.05, 3.63) is 48.9 Å². The maximum atomic E-state index is 12.7. The van der Waals surface area contributed by atoms with Crippen molar-refractivity contribution in [3.8, 4) is 16.9 Å². The van der Waals surface area contributed by atoms with Crippen molar-refractivity contribution in [2.24, 2.45) is 0 Å². The van der Waals surface area contributed by atoms with Crippen LogP contribution in [0.5, 0.6) is 0 Å². The van der Waals surface area contributed by atoms with Crippen molar-refractivity contribution < 1.29 is 17.9 Å². The molecule has 1 aliphatic heterocycles. The smallest absolute Gasteiger partial charge is 0.176 e. The highest BCUT2D eigenvalue weighted by Crippen LogP contribution is 2.36. The number of aromatic nitrogens is 5. The summed E-state index contributed by atoms with van der Waals surface area (Å²) in [7, 11) is -4.64. The van der Waals surface area contributed by atoms with Gasteiger partial charge in [-0.05, 0) is 25.1 Å². The summed E-state index contributed by atoms with van der Waals surface area (Å²) in [6, 6.07) is 12.1. The van der Waals surface area contributed by atoms with E-state index in [1.807, 2.05) is 35.0 Å². The number of nitrogens with zero attached hydrogens (tertiary/aromatic N) is 6. The SMILES string of the molecule is C[C@@H]1COCCN1c1cc(-c2ccccc2S(C)(=O)=O)c2ncn(-c3ccn(COCC[Si](C)(C)C)n3)c2n1. The van der Waals surface area contributed by atoms with Crippen LogP contribution in [0.2, 0.25) is 25.7 Å². The Morgan fingerprint density at radius 3 is 2.67 bits per heavy atom. The highest BCUT2D eigenvalue weighted by atomic mass is 32.2. The molecule has 12 heteroatoms. The van der Waals surface area contributed by atoms with Crippen LogP contribution < -0.4 is 4.90 Å². The lowest BCUT2D eigenvalue weighted by Crippen LogP contribution is -2.44. The fourth-order valence-electron chi connectivity index (χ4n) is 4.66. The van der Waals surface area contributed by atoms with E-state index in [0.29, 0.717) is 61.2 Å². The lowest BCUT2D eigenvalue weighted by molar-refractivity contribution is 0.0785. The molecule has 1 fully saturated rings. The van der Waals surface area contributed by atoms with Crippen molar-refractivity contribution in [1.29, 1.82) is 0 Å². The summed E-state index contributed by atoms with van der Waals surface area (Å²) >= 11 is 0. The summed E-state index contributed by atoms with van der Waals surface area (Å²) in [4.78, 5) is 12.2. The first-order chi connectivity index (χ1) is 18.5. The summed E-state index contributed by atoms with van der Waals surface area (Å²) in [5.41, 5.74) is 2.52. The van der Waals surface area contributed by atoms with Crippen LogP contribution in [0.4, 0.5) is 5.82 Å². The van der Waals surface area contributed by atoms with E-state index in [9.17, 15) is 8.42 Å². The highest BCUT2D eigenvalue weighted by Gasteiger charge is 2.25. The Hall–Kier alpha value is -3.06. The predicted octanol–water partition coefficient (Wildman–Crippen LogP) is 4.22. The number of anilines is 1. The van der Waals surface area contributed by atoms with E-state index < -0.39 is 17.9 Å². The Morgan fingerprint density at radius 1 is 1.13 bits per heavy atom. The topological polar surface area (TPSA) is 104 Å². The highest BCUT2D eigenvalue weighted by molar-refractivity contribution is 7.90. The molecule has 1 atom stereocenters. The number of benzene rings is 1. The minimum atomic E-state index is -3.48. The van der Waals surface area contributed by atoms with Crippen molar-refractivity contribution in [2.75, 3.05) is 37.5 Å². The zero-order valence-corrected chi connectivity index (χ0v) is 25.0. The Labute approximate surface area is 230 Å². The lowest BCUT2D eigenvalue weighted by Gasteiger charge is -2.34. The van der Waals surface area contributed by atoms with Gasteiger partial charge in [-0.3, -0.25) is 4.57 Å². The lowest BCUT2D eigenvalue weighted by atomic mass is 10.0. The monoisotopic (exact) mass is 568 g/mol. The molecule has 1 aromatic carbocycles. The molecular weight excluding hydrogens is 532 g/mol. The van der Waals surface area contributed by atoms with Crippen molar-refractivity contribution in [2.45, 2.75) is 50.3 Å². The average Bonchev–Trinajstić information content (AvgIpc) is 3.52. The fraction of sp³-hybridized carbons (Fsp3) is 0.444. The van der Waals surface area contributed by atoms with E-state index in [0.717, 1.165) is 11.9 Å². The predicted molar refractivity (Wildman–Crippen MR) is 155 cm³/mol. The zero-order valence-electron chi connectivity index (χ0n) is 23.2. The van der Waals surface area contributed by atoms with E-state index in [2.05, 4.69) is 31.5 Å². The molecule has 0 unspecified atom stereocenters. The molecule has 0 saturated carbocycles. The largest absolute Gasteiger partial charge is 0.377 e. The first-order valence-electron chi connectivity index (χ1n) is 13.1. The number of hydrogen-bond acceptors (Lipinski definition) is 8. The van der Waals surface area contributed by atoms with Gasteiger partial charge in [0.25, 0.3) is 0 Å². The number of pyridine rings is 1. The standard InChI is InChI=1S/C27H36N6O4SSi/c1-20-17-36-13-12-32(20)25-16-22(21-8-6-7-9-23(21)38(2,34)35)26-27(29-25)33(18-28-26)24-10-11-31(30-24)19-37-14-15-39(3,4)5/h6-11,16,18,20H,12-15,17,19H2,1-5H3/t20-/m1/s1. The van der Waals surface area contributed by atoms with Gasteiger partial charge in [0.2, 0.25) is 0 Å². The van der Waals surface area contributed by atoms with Gasteiger partial charge in [-0.15, -0.1) is 0 Å². The number of rotatable bonds is 9. The molecule has 1 aliphatic rings. The van der Waals surface area contributed by atoms with Gasteiger partial charge in [-0.1, -0.05) is 37.8 Å². The van der Waals surface area contributed by atoms with Crippen molar-refractivity contribution in [1.82, 2.24) is 24.3 Å². The van der Waals surface area contributed by atoms with Gasteiger partial charge in [0.1, 0.15) is 24.4 Å². The van der Waals surface area contributed by atoms with Gasteiger partial charge in [-0.25, -0.2) is 23.1 Å². The van der Waals surface area contributed by atoms with E-state index >= 15 is 0 Å². The number of fused-ring (bicyclic) bond motifs is 1. The summed E-state index contributed by atoms with van der Waals surface area (Å²) in [5.74, 6) is 1.40. The number of hydrogen-bond donors (Lipinski definition) is 0. The summed E-state index contributed by atoms with van der Waals surface area (Å²) in [6.45, 7) is 12.0. The van der Waals surface area contributed by atoms with Crippen LogP contribution in [0.1, 0.15) is 6.92 Å². The van der Waals surface area contributed by atoms with E-state index in [1.165, 1.54) is 6.26 Å². The maximum Gasteiger partial charge on any atom is 0.176 e. The van der Waals surface area contributed by atoms with Crippen LogP contribution in [0.25, 0.3) is 28.1 Å². The molecule has 4 heterocycles. The molecule has 3 aromatic heterocycles. The van der Waals surface area contributed by atoms with Crippen molar-refractivity contribution >= 4 is 34.9 Å². The summed E-state index contributed by atoms with van der Waals surface area (Å²) in [5, 5.41) is 4.71. The Kier molecular flexibility index (Phi) is 7.64. The summed E-state index contributed by atoms with van der Waals surface area (Å²) in [6.07, 6.45) is 4.80. The van der Waals surface area contributed by atoms with Crippen LogP contribution in [0.3, 0.4) is 0 Å². The quantitative estimate of drug-likeness (QED) is 0.218. The number of morpholine rings is 1. The molecule has 0 radical (unpaired) electrons. The fourth-order valence-corrected chi connectivity index (χ4v) is 6.32. The average molecular weight is 569 g/mol. The molecule has 0 spiro atoms. The van der Waals surface area contributed by atoms with Gasteiger partial charge in [-0.2, -0.15) is 5.10 Å². The third-order valence-corrected chi connectivity index (χ3v) is 9.68. The second kappa shape index (κ2) is 10.8. The molecule has 1 saturated heterocycles. The van der Waals surface area contributed by atoms with Crippen LogP contribution in [0, 0.1) is 0 Å². The molecule has 0 amide bonds. The second-order valence-electron chi connectivity index (χ2n) is 11.3. The van der Waals surface area contributed by atoms with Gasteiger partial charge in [0.05, 0.1) is 24.2 Å². The third-order valence-electron chi connectivity index (χ3n) is 6.82. The second-order valence-corrected chi connectivity index (χ2v) is 18.9. The normalized spacial score (nSPS) is 16.7. The van der Waals surface area contributed by atoms with E-state index in [4.69, 9.17) is 24.5 Å². The maximum absolute atomic E-state index is 12.7. The number of imidazole rings is 1. The van der Waals surface area contributed by atoms with Gasteiger partial charge in [0, 0.05) is 50.9 Å². The van der Waals surface area contributed by atoms with Crippen LogP contribution in [-0.2, 0) is 26.0 Å². The van der Waals surface area contributed by atoms with Gasteiger partial charge < -0.3 is 14.4 Å². The number of sulfone groups is 1. The summed E-state index contributed by atoms with van der Waals surface area (Å²) < 4.78 is 40.5. The molecule has 5 rings (SSSR count). The number of ether oxygens (including phenoxy) is 2. The third kappa shape index (κ3) is 6.08. The molecule has 0 bridgehead atoms. The Balaban J connectivity index is 1.58. The molecular formula is C27H36N6O4SSi. The Morgan fingerprint density at radius 2 is 1.92 bits per heavy atom. The minimum Gasteiger partial charge on any atom is -0.377 e. The molecule has 208 valence electrons. The van der Waals surface area contributed by atoms with Gasteiger partial charge in [0.15, 0.2) is 21.3 Å². The van der Waals surface area contributed by atoms with Crippen LogP contribution >= 0.6 is 0 Å². The minimum absolute atomic E-state index is 0.116. The van der Waals surface area contributed by atoms with E-state index in [-0.39, 0.29) is 10.9 Å². The van der Waals surface area contributed by atoms with Crippen molar-refractivity contribution in [3.63, 3.8) is 0 Å². The molecule has 39 heavy (non-hydrogen) atoms. The molecule has 10 nitrogen and oxygen atoms in total. The molecule has 4 aromatic rings. The van der Waals surface area contributed by atoms with Gasteiger partial charge >= 0.3 is 0 Å². The van der Waals surface area contributed by atoms with Crippen LogP contribution in [0.15, 0.2) is 53.8 Å². The van der Waals surface area contributed by atoms with E-state index in [1.54, 1.807) is 23.1 Å².